The number of nitriles is 1. The van der Waals surface area contributed by atoms with Gasteiger partial charge < -0.3 is 5.32 Å². The third kappa shape index (κ3) is 3.69. The highest BCUT2D eigenvalue weighted by atomic mass is 19.1. The molecule has 100 valence electrons. The van der Waals surface area contributed by atoms with E-state index in [1.807, 2.05) is 37.3 Å². The summed E-state index contributed by atoms with van der Waals surface area (Å²) in [6.07, 6.45) is 1.43. The van der Waals surface area contributed by atoms with E-state index in [1.165, 1.54) is 23.8 Å². The minimum Gasteiger partial charge on any atom is -0.380 e. The molecule has 0 fully saturated rings. The van der Waals surface area contributed by atoms with Crippen molar-refractivity contribution in [2.75, 3.05) is 0 Å². The van der Waals surface area contributed by atoms with Crippen LogP contribution in [0.2, 0.25) is 0 Å². The summed E-state index contributed by atoms with van der Waals surface area (Å²) in [6.45, 7) is 2.65. The Morgan fingerprint density at radius 2 is 1.80 bits per heavy atom. The Morgan fingerprint density at radius 1 is 1.15 bits per heavy atom. The minimum atomic E-state index is -0.288. The Hall–Kier alpha value is -2.60. The zero-order chi connectivity index (χ0) is 14.4. The van der Waals surface area contributed by atoms with Crippen LogP contribution in [0.5, 0.6) is 0 Å². The first-order valence-corrected chi connectivity index (χ1v) is 6.34. The Kier molecular flexibility index (Phi) is 4.52. The van der Waals surface area contributed by atoms with Gasteiger partial charge in [0.1, 0.15) is 5.82 Å². The molecule has 20 heavy (non-hydrogen) atoms. The summed E-state index contributed by atoms with van der Waals surface area (Å²) in [5, 5.41) is 12.1. The van der Waals surface area contributed by atoms with Crippen LogP contribution in [0.25, 0.3) is 5.70 Å². The van der Waals surface area contributed by atoms with Gasteiger partial charge in [0, 0.05) is 12.6 Å². The van der Waals surface area contributed by atoms with Gasteiger partial charge in [-0.2, -0.15) is 5.26 Å². The van der Waals surface area contributed by atoms with E-state index in [2.05, 4.69) is 5.32 Å². The lowest BCUT2D eigenvalue weighted by Crippen LogP contribution is -2.11. The molecule has 2 rings (SSSR count). The van der Waals surface area contributed by atoms with Crippen molar-refractivity contribution in [1.82, 2.24) is 5.32 Å². The lowest BCUT2D eigenvalue weighted by Gasteiger charge is -2.10. The standard InChI is InChI=1S/C17H15FN2/c1-13-2-4-14(5-3-13)12-20-17(10-11-19)15-6-8-16(18)9-7-15/h2-10,20H,12H2,1H3. The maximum Gasteiger partial charge on any atom is 0.123 e. The van der Waals surface area contributed by atoms with Crippen LogP contribution in [-0.4, -0.2) is 0 Å². The van der Waals surface area contributed by atoms with Gasteiger partial charge >= 0.3 is 0 Å². The lowest BCUT2D eigenvalue weighted by molar-refractivity contribution is 0.627. The fourth-order valence-corrected chi connectivity index (χ4v) is 1.83. The van der Waals surface area contributed by atoms with Crippen LogP contribution in [0.3, 0.4) is 0 Å². The molecule has 0 radical (unpaired) electrons. The predicted molar refractivity (Wildman–Crippen MR) is 78.0 cm³/mol. The van der Waals surface area contributed by atoms with Crippen LogP contribution in [0.4, 0.5) is 4.39 Å². The average molecular weight is 266 g/mol. The molecule has 0 saturated carbocycles. The van der Waals surface area contributed by atoms with Crippen molar-refractivity contribution in [2.24, 2.45) is 0 Å². The number of rotatable bonds is 4. The topological polar surface area (TPSA) is 35.8 Å². The Morgan fingerprint density at radius 3 is 2.40 bits per heavy atom. The normalized spacial score (nSPS) is 10.9. The minimum absolute atomic E-state index is 0.288. The van der Waals surface area contributed by atoms with Crippen LogP contribution < -0.4 is 5.32 Å². The molecule has 1 N–H and O–H groups in total. The molecule has 0 aliphatic heterocycles. The molecule has 0 bridgehead atoms. The Labute approximate surface area is 118 Å². The van der Waals surface area contributed by atoms with Crippen LogP contribution in [-0.2, 0) is 6.54 Å². The Balaban J connectivity index is 2.11. The molecule has 0 heterocycles. The number of halogens is 1. The number of allylic oxidation sites excluding steroid dienone is 1. The van der Waals surface area contributed by atoms with Crippen molar-refractivity contribution in [1.29, 1.82) is 5.26 Å². The van der Waals surface area contributed by atoms with Gasteiger partial charge in [-0.15, -0.1) is 0 Å². The van der Waals surface area contributed by atoms with Crippen molar-refractivity contribution in [3.05, 3.63) is 77.1 Å². The average Bonchev–Trinajstić information content (AvgIpc) is 2.46. The first kappa shape index (κ1) is 13.8. The second-order valence-electron chi connectivity index (χ2n) is 4.53. The maximum absolute atomic E-state index is 12.9. The van der Waals surface area contributed by atoms with Crippen molar-refractivity contribution < 1.29 is 4.39 Å². The molecule has 0 atom stereocenters. The van der Waals surface area contributed by atoms with Crippen molar-refractivity contribution >= 4 is 5.70 Å². The van der Waals surface area contributed by atoms with Crippen LogP contribution in [0, 0.1) is 24.1 Å². The summed E-state index contributed by atoms with van der Waals surface area (Å²) in [5.74, 6) is -0.288. The second kappa shape index (κ2) is 6.53. The smallest absolute Gasteiger partial charge is 0.123 e. The number of benzene rings is 2. The fourth-order valence-electron chi connectivity index (χ4n) is 1.83. The zero-order valence-corrected chi connectivity index (χ0v) is 11.2. The van der Waals surface area contributed by atoms with Crippen molar-refractivity contribution in [3.63, 3.8) is 0 Å². The molecule has 2 aromatic carbocycles. The first-order chi connectivity index (χ1) is 9.69. The first-order valence-electron chi connectivity index (χ1n) is 6.34. The van der Waals surface area contributed by atoms with Crippen LogP contribution in [0.1, 0.15) is 16.7 Å². The van der Waals surface area contributed by atoms with E-state index in [-0.39, 0.29) is 5.82 Å². The summed E-state index contributed by atoms with van der Waals surface area (Å²) in [7, 11) is 0. The van der Waals surface area contributed by atoms with Gasteiger partial charge in [-0.3, -0.25) is 0 Å². The van der Waals surface area contributed by atoms with Gasteiger partial charge in [0.2, 0.25) is 0 Å². The predicted octanol–water partition coefficient (Wildman–Crippen LogP) is 3.79. The summed E-state index contributed by atoms with van der Waals surface area (Å²) in [6, 6.07) is 16.2. The summed E-state index contributed by atoms with van der Waals surface area (Å²) in [4.78, 5) is 0. The molecule has 0 saturated heterocycles. The van der Waals surface area contributed by atoms with E-state index in [4.69, 9.17) is 5.26 Å². The molecular formula is C17H15FN2. The third-order valence-corrected chi connectivity index (χ3v) is 2.97. The molecule has 0 amide bonds. The van der Waals surface area contributed by atoms with Crippen LogP contribution in [0.15, 0.2) is 54.6 Å². The van der Waals surface area contributed by atoms with Crippen LogP contribution >= 0.6 is 0 Å². The number of hydrogen-bond donors (Lipinski definition) is 1. The van der Waals surface area contributed by atoms with Crippen molar-refractivity contribution in [3.8, 4) is 6.07 Å². The molecule has 0 spiro atoms. The monoisotopic (exact) mass is 266 g/mol. The van der Waals surface area contributed by atoms with Gasteiger partial charge in [-0.1, -0.05) is 29.8 Å². The van der Waals surface area contributed by atoms with Gasteiger partial charge in [-0.05, 0) is 42.3 Å². The van der Waals surface area contributed by atoms with Gasteiger partial charge in [0.25, 0.3) is 0 Å². The largest absolute Gasteiger partial charge is 0.380 e. The molecule has 2 aromatic rings. The summed E-state index contributed by atoms with van der Waals surface area (Å²) >= 11 is 0. The number of nitrogens with one attached hydrogen (secondary N) is 1. The van der Waals surface area contributed by atoms with E-state index in [9.17, 15) is 4.39 Å². The number of nitrogens with zero attached hydrogens (tertiary/aromatic N) is 1. The van der Waals surface area contributed by atoms with E-state index in [0.717, 1.165) is 11.1 Å². The molecular weight excluding hydrogens is 251 g/mol. The van der Waals surface area contributed by atoms with Gasteiger partial charge in [0.05, 0.1) is 11.8 Å². The SMILES string of the molecule is Cc1ccc(CNC(=CC#N)c2ccc(F)cc2)cc1. The Bertz CT molecular complexity index is 634. The number of hydrogen-bond acceptors (Lipinski definition) is 2. The number of aryl methyl sites for hydroxylation is 1. The molecule has 0 aliphatic carbocycles. The summed E-state index contributed by atoms with van der Waals surface area (Å²) < 4.78 is 12.9. The van der Waals surface area contributed by atoms with Gasteiger partial charge in [0.15, 0.2) is 0 Å². The van der Waals surface area contributed by atoms with E-state index < -0.39 is 0 Å². The zero-order valence-electron chi connectivity index (χ0n) is 11.2. The van der Waals surface area contributed by atoms with E-state index in [1.54, 1.807) is 12.1 Å². The highest BCUT2D eigenvalue weighted by Crippen LogP contribution is 2.13. The van der Waals surface area contributed by atoms with E-state index in [0.29, 0.717) is 12.2 Å². The molecule has 2 nitrogen and oxygen atoms in total. The van der Waals surface area contributed by atoms with Gasteiger partial charge in [-0.25, -0.2) is 4.39 Å². The lowest BCUT2D eigenvalue weighted by atomic mass is 10.1. The van der Waals surface area contributed by atoms with E-state index >= 15 is 0 Å². The fraction of sp³-hybridized carbons (Fsp3) is 0.118. The molecule has 0 aromatic heterocycles. The quantitative estimate of drug-likeness (QED) is 0.855. The maximum atomic E-state index is 12.9. The third-order valence-electron chi connectivity index (χ3n) is 2.97. The second-order valence-corrected chi connectivity index (χ2v) is 4.53. The molecule has 0 aliphatic rings. The molecule has 3 heteroatoms. The highest BCUT2D eigenvalue weighted by Gasteiger charge is 2.02. The summed E-state index contributed by atoms with van der Waals surface area (Å²) in [5.41, 5.74) is 3.81. The highest BCUT2D eigenvalue weighted by molar-refractivity contribution is 5.65. The molecule has 0 unspecified atom stereocenters. The van der Waals surface area contributed by atoms with Crippen molar-refractivity contribution in [2.45, 2.75) is 13.5 Å².